The zero-order valence-corrected chi connectivity index (χ0v) is 13.9. The molecule has 0 bridgehead atoms. The Morgan fingerprint density at radius 2 is 1.86 bits per heavy atom. The largest absolute Gasteiger partial charge is 0.370 e. The van der Waals surface area contributed by atoms with Gasteiger partial charge in [0, 0.05) is 25.8 Å². The molecule has 0 aliphatic carbocycles. The maximum absolute atomic E-state index is 12.6. The van der Waals surface area contributed by atoms with Crippen LogP contribution >= 0.6 is 0 Å². The molecule has 2 N–H and O–H groups in total. The number of hydrogen-bond acceptors (Lipinski definition) is 5. The van der Waals surface area contributed by atoms with Gasteiger partial charge in [0.15, 0.2) is 9.84 Å². The maximum atomic E-state index is 12.6. The number of nitrogens with two attached hydrogens (primary N) is 1. The smallest absolute Gasteiger partial charge is 0.243 e. The third-order valence-corrected chi connectivity index (χ3v) is 6.70. The van der Waals surface area contributed by atoms with Gasteiger partial charge in [0.05, 0.1) is 9.79 Å². The lowest BCUT2D eigenvalue weighted by Gasteiger charge is -2.37. The van der Waals surface area contributed by atoms with Gasteiger partial charge in [-0.2, -0.15) is 4.31 Å². The average molecular weight is 346 g/mol. The van der Waals surface area contributed by atoms with E-state index in [-0.39, 0.29) is 35.2 Å². The molecule has 1 saturated heterocycles. The molecule has 1 heterocycles. The molecular formula is C13H18N2O5S2. The Kier molecular flexibility index (Phi) is 4.33. The molecular weight excluding hydrogens is 328 g/mol. The molecule has 2 rings (SSSR count). The van der Waals surface area contributed by atoms with E-state index in [1.807, 2.05) is 0 Å². The van der Waals surface area contributed by atoms with Crippen molar-refractivity contribution in [2.75, 3.05) is 19.3 Å². The second-order valence-corrected chi connectivity index (χ2v) is 9.48. The van der Waals surface area contributed by atoms with Gasteiger partial charge in [-0.25, -0.2) is 16.8 Å². The van der Waals surface area contributed by atoms with Gasteiger partial charge >= 0.3 is 0 Å². The molecule has 0 atom stereocenters. The highest BCUT2D eigenvalue weighted by molar-refractivity contribution is 7.91. The Morgan fingerprint density at radius 1 is 1.27 bits per heavy atom. The molecule has 0 unspecified atom stereocenters. The molecule has 1 aromatic carbocycles. The number of hydrogen-bond donors (Lipinski definition) is 1. The van der Waals surface area contributed by atoms with Crippen molar-refractivity contribution in [1.82, 2.24) is 4.31 Å². The van der Waals surface area contributed by atoms with E-state index in [2.05, 4.69) is 0 Å². The van der Waals surface area contributed by atoms with E-state index in [9.17, 15) is 21.6 Å². The molecule has 0 spiro atoms. The van der Waals surface area contributed by atoms with Crippen LogP contribution in [-0.2, 0) is 24.7 Å². The highest BCUT2D eigenvalue weighted by Crippen LogP contribution is 2.29. The van der Waals surface area contributed by atoms with E-state index in [1.165, 1.54) is 22.5 Å². The van der Waals surface area contributed by atoms with Crippen molar-refractivity contribution in [1.29, 1.82) is 0 Å². The minimum absolute atomic E-state index is 0.0204. The number of carbonyl (C=O) groups excluding carboxylic acids is 1. The van der Waals surface area contributed by atoms with Crippen LogP contribution in [0.15, 0.2) is 28.0 Å². The van der Waals surface area contributed by atoms with Gasteiger partial charge in [-0.05, 0) is 30.5 Å². The molecule has 9 heteroatoms. The number of sulfone groups is 1. The molecule has 0 radical (unpaired) electrons. The van der Waals surface area contributed by atoms with Crippen molar-refractivity contribution in [2.45, 2.75) is 23.1 Å². The molecule has 1 aliphatic rings. The lowest BCUT2D eigenvalue weighted by Crippen LogP contribution is -2.51. The minimum Gasteiger partial charge on any atom is -0.370 e. The van der Waals surface area contributed by atoms with E-state index < -0.39 is 25.8 Å². The monoisotopic (exact) mass is 346 g/mol. The lowest BCUT2D eigenvalue weighted by molar-refractivity contribution is -0.119. The molecule has 122 valence electrons. The van der Waals surface area contributed by atoms with Crippen LogP contribution in [0.3, 0.4) is 0 Å². The van der Waals surface area contributed by atoms with Crippen molar-refractivity contribution < 1.29 is 21.6 Å². The predicted octanol–water partition coefficient (Wildman–Crippen LogP) is -0.106. The first-order valence-corrected chi connectivity index (χ1v) is 9.94. The molecule has 1 aliphatic heterocycles. The van der Waals surface area contributed by atoms with Crippen LogP contribution in [0.1, 0.15) is 12.0 Å². The number of rotatable bonds is 5. The summed E-state index contributed by atoms with van der Waals surface area (Å²) in [4.78, 5) is 10.8. The third-order valence-electron chi connectivity index (χ3n) is 3.62. The van der Waals surface area contributed by atoms with Crippen LogP contribution in [-0.4, -0.2) is 46.4 Å². The summed E-state index contributed by atoms with van der Waals surface area (Å²) < 4.78 is 49.5. The standard InChI is InChI=1S/C13H18N2O5S2/c1-9-3-4-11(21(2,17)18)6-12(9)22(19,20)15-7-10(8-15)5-13(14)16/h3-4,6,10H,5,7-8H2,1-2H3,(H2,14,16). The zero-order valence-electron chi connectivity index (χ0n) is 12.3. The predicted molar refractivity (Wildman–Crippen MR) is 80.3 cm³/mol. The Balaban J connectivity index is 2.30. The normalized spacial score (nSPS) is 17.2. The van der Waals surface area contributed by atoms with E-state index in [4.69, 9.17) is 5.73 Å². The molecule has 0 aromatic heterocycles. The van der Waals surface area contributed by atoms with E-state index >= 15 is 0 Å². The first-order valence-electron chi connectivity index (χ1n) is 6.61. The Labute approximate surface area is 130 Å². The summed E-state index contributed by atoms with van der Waals surface area (Å²) in [6.45, 7) is 2.04. The van der Waals surface area contributed by atoms with Gasteiger partial charge in [-0.15, -0.1) is 0 Å². The lowest BCUT2D eigenvalue weighted by atomic mass is 9.99. The first-order chi connectivity index (χ1) is 10.0. The van der Waals surface area contributed by atoms with Crippen LogP contribution in [0, 0.1) is 12.8 Å². The minimum atomic E-state index is -3.77. The summed E-state index contributed by atoms with van der Waals surface area (Å²) in [7, 11) is -7.26. The van der Waals surface area contributed by atoms with Crippen LogP contribution in [0.5, 0.6) is 0 Å². The summed E-state index contributed by atoms with van der Waals surface area (Å²) in [5, 5.41) is 0. The molecule has 7 nitrogen and oxygen atoms in total. The summed E-state index contributed by atoms with van der Waals surface area (Å²) in [6, 6.07) is 4.04. The van der Waals surface area contributed by atoms with Crippen LogP contribution in [0.25, 0.3) is 0 Å². The van der Waals surface area contributed by atoms with Gasteiger partial charge in [-0.3, -0.25) is 4.79 Å². The summed E-state index contributed by atoms with van der Waals surface area (Å²) >= 11 is 0. The Morgan fingerprint density at radius 3 is 2.36 bits per heavy atom. The zero-order chi connectivity index (χ0) is 16.7. The number of amides is 1. The van der Waals surface area contributed by atoms with Crippen LogP contribution < -0.4 is 5.73 Å². The van der Waals surface area contributed by atoms with Crippen LogP contribution in [0.2, 0.25) is 0 Å². The first kappa shape index (κ1) is 16.9. The number of sulfonamides is 1. The Hall–Kier alpha value is -1.45. The third kappa shape index (κ3) is 3.31. The second-order valence-electron chi connectivity index (χ2n) is 5.56. The summed E-state index contributed by atoms with van der Waals surface area (Å²) in [5.41, 5.74) is 5.56. The number of primary amides is 1. The van der Waals surface area contributed by atoms with Crippen LogP contribution in [0.4, 0.5) is 0 Å². The number of carbonyl (C=O) groups is 1. The summed E-state index contributed by atoms with van der Waals surface area (Å²) in [5.74, 6) is -0.539. The fourth-order valence-corrected chi connectivity index (χ4v) is 4.93. The number of aryl methyl sites for hydroxylation is 1. The quantitative estimate of drug-likeness (QED) is 0.799. The van der Waals surface area contributed by atoms with Gasteiger partial charge in [0.1, 0.15) is 0 Å². The summed E-state index contributed by atoms with van der Waals surface area (Å²) in [6.07, 6.45) is 1.18. The van der Waals surface area contributed by atoms with Gasteiger partial charge < -0.3 is 5.73 Å². The molecule has 1 aromatic rings. The highest BCUT2D eigenvalue weighted by atomic mass is 32.2. The molecule has 22 heavy (non-hydrogen) atoms. The maximum Gasteiger partial charge on any atom is 0.243 e. The number of benzene rings is 1. The molecule has 1 fully saturated rings. The van der Waals surface area contributed by atoms with Crippen molar-refractivity contribution in [3.63, 3.8) is 0 Å². The molecule has 0 saturated carbocycles. The van der Waals surface area contributed by atoms with Gasteiger partial charge in [-0.1, -0.05) is 6.07 Å². The Bertz CT molecular complexity index is 809. The van der Waals surface area contributed by atoms with Gasteiger partial charge in [0.25, 0.3) is 0 Å². The van der Waals surface area contributed by atoms with E-state index in [0.717, 1.165) is 6.26 Å². The van der Waals surface area contributed by atoms with Gasteiger partial charge in [0.2, 0.25) is 15.9 Å². The molecule has 1 amide bonds. The van der Waals surface area contributed by atoms with Crippen molar-refractivity contribution in [2.24, 2.45) is 11.7 Å². The fraction of sp³-hybridized carbons (Fsp3) is 0.462. The van der Waals surface area contributed by atoms with Crippen molar-refractivity contribution in [3.05, 3.63) is 23.8 Å². The second kappa shape index (κ2) is 5.64. The van der Waals surface area contributed by atoms with E-state index in [1.54, 1.807) is 6.92 Å². The topological polar surface area (TPSA) is 115 Å². The van der Waals surface area contributed by atoms with Crippen molar-refractivity contribution in [3.8, 4) is 0 Å². The van der Waals surface area contributed by atoms with Crippen molar-refractivity contribution >= 4 is 25.8 Å². The fourth-order valence-electron chi connectivity index (χ4n) is 2.36. The number of nitrogens with zero attached hydrogens (tertiary/aromatic N) is 1. The SMILES string of the molecule is Cc1ccc(S(C)(=O)=O)cc1S(=O)(=O)N1CC(CC(N)=O)C1. The average Bonchev–Trinajstić information content (AvgIpc) is 2.31. The van der Waals surface area contributed by atoms with E-state index in [0.29, 0.717) is 5.56 Å². The highest BCUT2D eigenvalue weighted by Gasteiger charge is 2.38.